The van der Waals surface area contributed by atoms with Crippen LogP contribution in [-0.2, 0) is 44.9 Å². The van der Waals surface area contributed by atoms with Crippen LogP contribution in [0.3, 0.4) is 0 Å². The Hall–Kier alpha value is -3.16. The minimum atomic E-state index is -0.514. The van der Waals surface area contributed by atoms with Gasteiger partial charge < -0.3 is 22.1 Å². The number of hydrogen-bond donors (Lipinski definition) is 4. The maximum atomic E-state index is 13.4. The van der Waals surface area contributed by atoms with Crippen LogP contribution in [0.25, 0.3) is 0 Å². The van der Waals surface area contributed by atoms with Crippen molar-refractivity contribution in [3.05, 3.63) is 41.8 Å². The number of unbranched alkanes of at least 4 members (excludes halogenated alkanes) is 4. The molecule has 2 aliphatic carbocycles. The van der Waals surface area contributed by atoms with Crippen molar-refractivity contribution in [2.24, 2.45) is 11.5 Å². The molecular weight excluding hydrogens is 805 g/mol. The molecule has 2 saturated heterocycles. The number of nitrogens with two attached hydrogens (primary N) is 2. The Morgan fingerprint density at radius 2 is 0.981 bits per heavy atom. The van der Waals surface area contributed by atoms with Crippen molar-refractivity contribution in [1.29, 1.82) is 0 Å². The van der Waals surface area contributed by atoms with E-state index in [0.29, 0.717) is 81.4 Å². The van der Waals surface area contributed by atoms with Crippen LogP contribution in [0.15, 0.2) is 9.81 Å². The number of nitrogens with zero attached hydrogens (tertiary/aromatic N) is 2. The fraction of sp³-hybridized carbons (Fsp3) is 0.500. The van der Waals surface area contributed by atoms with Crippen molar-refractivity contribution in [3.63, 3.8) is 0 Å². The minimum Gasteiger partial charge on any atom is -0.365 e. The number of carbonyl (C=O) groups excluding carboxylic acids is 6. The van der Waals surface area contributed by atoms with Gasteiger partial charge in [-0.25, -0.2) is 0 Å². The van der Waals surface area contributed by atoms with Gasteiger partial charge in [-0.15, -0.1) is 22.7 Å². The largest absolute Gasteiger partial charge is 0.365 e. The van der Waals surface area contributed by atoms with Gasteiger partial charge in [0.2, 0.25) is 11.8 Å². The van der Waals surface area contributed by atoms with E-state index in [-0.39, 0.29) is 46.3 Å². The molecule has 0 spiro atoms. The van der Waals surface area contributed by atoms with Crippen molar-refractivity contribution in [1.82, 2.24) is 9.80 Å². The van der Waals surface area contributed by atoms with Crippen molar-refractivity contribution < 1.29 is 28.8 Å². The first-order chi connectivity index (χ1) is 25.9. The van der Waals surface area contributed by atoms with E-state index in [4.69, 9.17) is 35.9 Å². The van der Waals surface area contributed by atoms with Crippen LogP contribution in [0.1, 0.15) is 119 Å². The average molecular weight is 847 g/mol. The lowest BCUT2D eigenvalue weighted by atomic mass is 9.95. The molecule has 0 unspecified atom stereocenters. The molecule has 18 heteroatoms. The molecule has 6 N–H and O–H groups in total. The van der Waals surface area contributed by atoms with Gasteiger partial charge >= 0.3 is 0 Å². The monoisotopic (exact) mass is 846 g/mol. The first-order valence-electron chi connectivity index (χ1n) is 18.2. The molecular formula is C36H42N6O6S6. The van der Waals surface area contributed by atoms with Gasteiger partial charge in [0.1, 0.15) is 18.6 Å². The number of thioether (sulfide) groups is 2. The van der Waals surface area contributed by atoms with Crippen molar-refractivity contribution in [3.8, 4) is 0 Å². The molecule has 288 valence electrons. The van der Waals surface area contributed by atoms with Crippen LogP contribution < -0.4 is 22.1 Å². The number of fused-ring (bicyclic) bond motifs is 2. The highest BCUT2D eigenvalue weighted by molar-refractivity contribution is 8.29. The Balaban J connectivity index is 0.915. The van der Waals surface area contributed by atoms with Crippen LogP contribution in [0.4, 0.5) is 10.0 Å². The van der Waals surface area contributed by atoms with Crippen molar-refractivity contribution in [2.75, 3.05) is 23.7 Å². The molecule has 4 aliphatic rings. The van der Waals surface area contributed by atoms with Crippen LogP contribution >= 0.6 is 70.6 Å². The number of nitrogens with one attached hydrogen (secondary N) is 2. The maximum Gasteiger partial charge on any atom is 0.267 e. The van der Waals surface area contributed by atoms with Gasteiger partial charge in [-0.05, 0) is 88.2 Å². The predicted octanol–water partition coefficient (Wildman–Crippen LogP) is 6.40. The van der Waals surface area contributed by atoms with E-state index in [0.717, 1.165) is 95.8 Å². The molecule has 6 amide bonds. The Morgan fingerprint density at radius 1 is 0.593 bits per heavy atom. The van der Waals surface area contributed by atoms with Crippen LogP contribution in [-0.4, -0.2) is 67.0 Å². The summed E-state index contributed by atoms with van der Waals surface area (Å²) in [6, 6.07) is 0. The van der Waals surface area contributed by atoms with E-state index in [2.05, 4.69) is 10.6 Å². The molecule has 2 aromatic rings. The zero-order valence-electron chi connectivity index (χ0n) is 29.7. The molecule has 2 fully saturated rings. The summed E-state index contributed by atoms with van der Waals surface area (Å²) >= 11 is 16.1. The number of hydrogen-bond acceptors (Lipinski definition) is 12. The van der Waals surface area contributed by atoms with E-state index in [1.54, 1.807) is 0 Å². The SMILES string of the molecule is NC(=O)c1c(NC(=O)CCCCCN2C(=O)C(=C3SC(=S)N(CCCCCC(=O)Nc4sc5c(c4C(N)=O)CCCC5)C3=O)SC2=S)sc2c1CCCC2. The molecule has 2 aliphatic heterocycles. The fourth-order valence-corrected chi connectivity index (χ4v) is 12.5. The number of anilines is 2. The van der Waals surface area contributed by atoms with E-state index in [1.165, 1.54) is 32.5 Å². The summed E-state index contributed by atoms with van der Waals surface area (Å²) in [5, 5.41) is 6.86. The Bertz CT molecular complexity index is 1820. The van der Waals surface area contributed by atoms with E-state index in [1.807, 2.05) is 0 Å². The van der Waals surface area contributed by atoms with Gasteiger partial charge in [-0.3, -0.25) is 38.6 Å². The summed E-state index contributed by atoms with van der Waals surface area (Å²) in [6.45, 7) is 0.734. The Morgan fingerprint density at radius 3 is 1.37 bits per heavy atom. The number of aryl methyl sites for hydroxylation is 2. The third-order valence-corrected chi connectivity index (χ3v) is 15.3. The lowest BCUT2D eigenvalue weighted by Crippen LogP contribution is -2.31. The number of primary amides is 2. The lowest BCUT2D eigenvalue weighted by Gasteiger charge is -2.14. The quantitative estimate of drug-likeness (QED) is 0.0838. The summed E-state index contributed by atoms with van der Waals surface area (Å²) in [5.41, 5.74) is 14.1. The Labute approximate surface area is 341 Å². The smallest absolute Gasteiger partial charge is 0.267 e. The molecule has 0 aromatic carbocycles. The normalized spacial score (nSPS) is 18.3. The van der Waals surface area contributed by atoms with Gasteiger partial charge in [0.05, 0.1) is 20.9 Å². The van der Waals surface area contributed by atoms with Crippen LogP contribution in [0.5, 0.6) is 0 Å². The summed E-state index contributed by atoms with van der Waals surface area (Å²) in [7, 11) is 0. The molecule has 0 saturated carbocycles. The summed E-state index contributed by atoms with van der Waals surface area (Å²) in [4.78, 5) is 82.3. The molecule has 2 aromatic heterocycles. The molecule has 0 radical (unpaired) electrons. The van der Waals surface area contributed by atoms with E-state index < -0.39 is 11.8 Å². The number of thiophene rings is 2. The number of carbonyl (C=O) groups is 6. The second-order valence-corrected chi connectivity index (χ2v) is 19.1. The second kappa shape index (κ2) is 18.2. The first kappa shape index (κ1) is 40.5. The highest BCUT2D eigenvalue weighted by Gasteiger charge is 2.41. The van der Waals surface area contributed by atoms with E-state index >= 15 is 0 Å². The highest BCUT2D eigenvalue weighted by atomic mass is 32.2. The summed E-state index contributed by atoms with van der Waals surface area (Å²) in [6.07, 6.45) is 11.8. The number of rotatable bonds is 16. The third-order valence-electron chi connectivity index (χ3n) is 9.82. The number of thiocarbonyl (C=S) groups is 2. The van der Waals surface area contributed by atoms with Crippen molar-refractivity contribution >= 4 is 125 Å². The molecule has 4 heterocycles. The molecule has 54 heavy (non-hydrogen) atoms. The highest BCUT2D eigenvalue weighted by Crippen LogP contribution is 2.43. The zero-order valence-corrected chi connectivity index (χ0v) is 34.6. The standard InChI is InChI=1S/C36H42N6O6S6/c37-29(45)25-19-11-5-7-13-21(19)51-31(25)39-23(43)15-3-1-9-17-41-33(47)27(53-35(41)49)28-34(48)42(36(50)54-28)18-10-2-4-16-24(44)40-32-26(30(38)46)20-12-6-8-14-22(20)52-32/h1-18H2,(H2,37,45)(H2,38,46)(H,39,43)(H,40,44). The zero-order chi connectivity index (χ0) is 38.5. The third kappa shape index (κ3) is 9.10. The minimum absolute atomic E-state index is 0.179. The van der Waals surface area contributed by atoms with E-state index in [9.17, 15) is 28.8 Å². The van der Waals surface area contributed by atoms with Gasteiger partial charge in [-0.1, -0.05) is 60.8 Å². The summed E-state index contributed by atoms with van der Waals surface area (Å²) in [5.74, 6) is -2.02. The second-order valence-electron chi connectivity index (χ2n) is 13.6. The van der Waals surface area contributed by atoms with Crippen molar-refractivity contribution in [2.45, 2.75) is 103 Å². The molecule has 0 atom stereocenters. The topological polar surface area (TPSA) is 185 Å². The Kier molecular flexibility index (Phi) is 13.6. The van der Waals surface area contributed by atoms with Crippen LogP contribution in [0, 0.1) is 0 Å². The van der Waals surface area contributed by atoms with Gasteiger partial charge in [0.25, 0.3) is 23.6 Å². The first-order valence-corrected chi connectivity index (χ1v) is 22.3. The van der Waals surface area contributed by atoms with Gasteiger partial charge in [0, 0.05) is 35.7 Å². The summed E-state index contributed by atoms with van der Waals surface area (Å²) < 4.78 is 0.755. The molecule has 12 nitrogen and oxygen atoms in total. The molecule has 6 rings (SSSR count). The molecule has 0 bridgehead atoms. The number of amides is 6. The lowest BCUT2D eigenvalue weighted by molar-refractivity contribution is -0.124. The van der Waals surface area contributed by atoms with Gasteiger partial charge in [0.15, 0.2) is 0 Å². The maximum absolute atomic E-state index is 13.4. The predicted molar refractivity (Wildman–Crippen MR) is 224 cm³/mol. The van der Waals surface area contributed by atoms with Crippen LogP contribution in [0.2, 0.25) is 0 Å². The van der Waals surface area contributed by atoms with Gasteiger partial charge in [-0.2, -0.15) is 0 Å². The fourth-order valence-electron chi connectivity index (χ4n) is 7.13. The average Bonchev–Trinajstić information content (AvgIpc) is 3.84.